The molecule has 0 aliphatic heterocycles. The Bertz CT molecular complexity index is 402. The topological polar surface area (TPSA) is 43.4 Å². The normalized spacial score (nSPS) is 21.5. The molecule has 1 rings (SSSR count). The van der Waals surface area contributed by atoms with E-state index >= 15 is 0 Å². The minimum Gasteiger partial charge on any atom is -0.463 e. The minimum absolute atomic E-state index is 0.00951. The summed E-state index contributed by atoms with van der Waals surface area (Å²) in [6.45, 7) is 8.03. The highest BCUT2D eigenvalue weighted by Crippen LogP contribution is 2.32. The second-order valence-corrected chi connectivity index (χ2v) is 5.78. The van der Waals surface area contributed by atoms with E-state index in [2.05, 4.69) is 26.0 Å². The van der Waals surface area contributed by atoms with Gasteiger partial charge in [0.05, 0.1) is 6.61 Å². The second-order valence-electron chi connectivity index (χ2n) is 5.78. The number of esters is 1. The molecule has 0 spiro atoms. The van der Waals surface area contributed by atoms with Crippen molar-refractivity contribution in [2.75, 3.05) is 6.61 Å². The predicted octanol–water partition coefficient (Wildman–Crippen LogP) is 3.45. The van der Waals surface area contributed by atoms with Gasteiger partial charge in [-0.15, -0.1) is 0 Å². The molecule has 1 aliphatic rings. The summed E-state index contributed by atoms with van der Waals surface area (Å²) in [5.41, 5.74) is 0.743. The zero-order chi connectivity index (χ0) is 14.5. The Kier molecular flexibility index (Phi) is 5.52. The molecule has 106 valence electrons. The first-order valence-electron chi connectivity index (χ1n) is 6.91. The van der Waals surface area contributed by atoms with Crippen LogP contribution in [0, 0.1) is 11.3 Å². The number of ether oxygens (including phenoxy) is 1. The summed E-state index contributed by atoms with van der Waals surface area (Å²) >= 11 is 0. The SMILES string of the molecule is CCOC(=O)C1=CCC(C)(C)C=C[C@H]1CCC(C)=O. The van der Waals surface area contributed by atoms with E-state index in [4.69, 9.17) is 4.74 Å². The molecular weight excluding hydrogens is 240 g/mol. The van der Waals surface area contributed by atoms with Gasteiger partial charge in [0, 0.05) is 17.9 Å². The average Bonchev–Trinajstić information content (AvgIpc) is 2.46. The van der Waals surface area contributed by atoms with Crippen LogP contribution in [0.15, 0.2) is 23.8 Å². The number of hydrogen-bond donors (Lipinski definition) is 0. The van der Waals surface area contributed by atoms with Crippen LogP contribution in [0.25, 0.3) is 0 Å². The van der Waals surface area contributed by atoms with Gasteiger partial charge < -0.3 is 9.53 Å². The molecule has 1 atom stereocenters. The van der Waals surface area contributed by atoms with Gasteiger partial charge in [-0.1, -0.05) is 32.1 Å². The van der Waals surface area contributed by atoms with E-state index in [9.17, 15) is 9.59 Å². The van der Waals surface area contributed by atoms with Crippen molar-refractivity contribution < 1.29 is 14.3 Å². The molecule has 3 heteroatoms. The highest BCUT2D eigenvalue weighted by Gasteiger charge is 2.25. The summed E-state index contributed by atoms with van der Waals surface area (Å²) in [6.07, 6.45) is 8.15. The quantitative estimate of drug-likeness (QED) is 0.564. The van der Waals surface area contributed by atoms with Crippen molar-refractivity contribution in [2.24, 2.45) is 11.3 Å². The lowest BCUT2D eigenvalue weighted by atomic mass is 9.89. The van der Waals surface area contributed by atoms with Crippen LogP contribution >= 0.6 is 0 Å². The summed E-state index contributed by atoms with van der Waals surface area (Å²) in [7, 11) is 0. The van der Waals surface area contributed by atoms with Crippen LogP contribution < -0.4 is 0 Å². The first-order valence-corrected chi connectivity index (χ1v) is 6.91. The first kappa shape index (κ1) is 15.7. The molecule has 0 unspecified atom stereocenters. The first-order chi connectivity index (χ1) is 8.85. The number of Topliss-reactive ketones (excluding diaryl/α,β-unsaturated/α-hetero) is 1. The fourth-order valence-electron chi connectivity index (χ4n) is 2.13. The van der Waals surface area contributed by atoms with Crippen molar-refractivity contribution in [3.8, 4) is 0 Å². The van der Waals surface area contributed by atoms with Crippen molar-refractivity contribution in [3.63, 3.8) is 0 Å². The fraction of sp³-hybridized carbons (Fsp3) is 0.625. The van der Waals surface area contributed by atoms with E-state index in [1.807, 2.05) is 6.08 Å². The molecule has 1 aliphatic carbocycles. The highest BCUT2D eigenvalue weighted by molar-refractivity contribution is 5.89. The Morgan fingerprint density at radius 3 is 2.68 bits per heavy atom. The van der Waals surface area contributed by atoms with Gasteiger partial charge in [0.25, 0.3) is 0 Å². The number of hydrogen-bond acceptors (Lipinski definition) is 3. The maximum atomic E-state index is 12.0. The van der Waals surface area contributed by atoms with Crippen molar-refractivity contribution in [2.45, 2.75) is 47.0 Å². The van der Waals surface area contributed by atoms with Crippen molar-refractivity contribution in [1.82, 2.24) is 0 Å². The summed E-state index contributed by atoms with van der Waals surface area (Å²) in [5.74, 6) is -0.108. The van der Waals surface area contributed by atoms with Gasteiger partial charge in [-0.2, -0.15) is 0 Å². The van der Waals surface area contributed by atoms with Crippen LogP contribution in [0.5, 0.6) is 0 Å². The maximum Gasteiger partial charge on any atom is 0.334 e. The number of rotatable bonds is 5. The Balaban J connectivity index is 2.92. The third-order valence-corrected chi connectivity index (χ3v) is 3.35. The largest absolute Gasteiger partial charge is 0.463 e. The van der Waals surface area contributed by atoms with Gasteiger partial charge in [0.2, 0.25) is 0 Å². The van der Waals surface area contributed by atoms with E-state index in [1.165, 1.54) is 0 Å². The van der Waals surface area contributed by atoms with Crippen LogP contribution in [0.4, 0.5) is 0 Å². The van der Waals surface area contributed by atoms with Gasteiger partial charge in [0.1, 0.15) is 5.78 Å². The molecule has 3 nitrogen and oxygen atoms in total. The summed E-state index contributed by atoms with van der Waals surface area (Å²) < 4.78 is 5.12. The number of allylic oxidation sites excluding steroid dienone is 3. The lowest BCUT2D eigenvalue weighted by molar-refractivity contribution is -0.139. The van der Waals surface area contributed by atoms with E-state index in [0.29, 0.717) is 25.0 Å². The van der Waals surface area contributed by atoms with Crippen LogP contribution in [-0.4, -0.2) is 18.4 Å². The van der Waals surface area contributed by atoms with E-state index in [1.54, 1.807) is 13.8 Å². The van der Waals surface area contributed by atoms with Crippen molar-refractivity contribution in [3.05, 3.63) is 23.8 Å². The van der Waals surface area contributed by atoms with Crippen LogP contribution in [-0.2, 0) is 14.3 Å². The lowest BCUT2D eigenvalue weighted by Gasteiger charge is -2.15. The van der Waals surface area contributed by atoms with E-state index in [-0.39, 0.29) is 23.1 Å². The molecule has 0 heterocycles. The van der Waals surface area contributed by atoms with E-state index < -0.39 is 0 Å². The van der Waals surface area contributed by atoms with Gasteiger partial charge in [0.15, 0.2) is 0 Å². The molecule has 0 aromatic heterocycles. The number of carbonyl (C=O) groups is 2. The molecule has 0 aromatic carbocycles. The number of carbonyl (C=O) groups excluding carboxylic acids is 2. The standard InChI is InChI=1S/C16H24O3/c1-5-19-15(18)14-9-11-16(3,4)10-8-13(14)7-6-12(2)17/h8-10,13H,5-7,11H2,1-4H3/t13-/m1/s1. The monoisotopic (exact) mass is 264 g/mol. The molecule has 19 heavy (non-hydrogen) atoms. The summed E-state index contributed by atoms with van der Waals surface area (Å²) in [5, 5.41) is 0. The lowest BCUT2D eigenvalue weighted by Crippen LogP contribution is -2.15. The van der Waals surface area contributed by atoms with Gasteiger partial charge in [-0.05, 0) is 32.1 Å². The average molecular weight is 264 g/mol. The maximum absolute atomic E-state index is 12.0. The van der Waals surface area contributed by atoms with Crippen LogP contribution in [0.3, 0.4) is 0 Å². The molecular formula is C16H24O3. The predicted molar refractivity (Wildman–Crippen MR) is 75.7 cm³/mol. The molecule has 0 bridgehead atoms. The fourth-order valence-corrected chi connectivity index (χ4v) is 2.13. The van der Waals surface area contributed by atoms with Crippen molar-refractivity contribution in [1.29, 1.82) is 0 Å². The van der Waals surface area contributed by atoms with Gasteiger partial charge in [-0.25, -0.2) is 4.79 Å². The minimum atomic E-state index is -0.251. The molecule has 0 radical (unpaired) electrons. The Morgan fingerprint density at radius 2 is 2.11 bits per heavy atom. The Hall–Kier alpha value is -1.38. The molecule has 0 aromatic rings. The molecule has 0 saturated heterocycles. The van der Waals surface area contributed by atoms with Crippen LogP contribution in [0.2, 0.25) is 0 Å². The molecule has 0 N–H and O–H groups in total. The molecule has 0 saturated carbocycles. The number of ketones is 1. The smallest absolute Gasteiger partial charge is 0.334 e. The molecule has 0 fully saturated rings. The van der Waals surface area contributed by atoms with Crippen LogP contribution in [0.1, 0.15) is 47.0 Å². The Labute approximate surface area is 115 Å². The molecule has 0 amide bonds. The van der Waals surface area contributed by atoms with Gasteiger partial charge >= 0.3 is 5.97 Å². The highest BCUT2D eigenvalue weighted by atomic mass is 16.5. The summed E-state index contributed by atoms with van der Waals surface area (Å²) in [6, 6.07) is 0. The Morgan fingerprint density at radius 1 is 1.42 bits per heavy atom. The zero-order valence-electron chi connectivity index (χ0n) is 12.4. The third kappa shape index (κ3) is 5.01. The van der Waals surface area contributed by atoms with E-state index in [0.717, 1.165) is 6.42 Å². The zero-order valence-corrected chi connectivity index (χ0v) is 12.4. The van der Waals surface area contributed by atoms with Gasteiger partial charge in [-0.3, -0.25) is 0 Å². The van der Waals surface area contributed by atoms with Crippen molar-refractivity contribution >= 4 is 11.8 Å². The summed E-state index contributed by atoms with van der Waals surface area (Å²) in [4.78, 5) is 23.1. The third-order valence-electron chi connectivity index (χ3n) is 3.35. The second kappa shape index (κ2) is 6.69.